The largest absolute Gasteiger partial charge is 0.333 e. The van der Waals surface area contributed by atoms with Crippen molar-refractivity contribution in [3.63, 3.8) is 0 Å². The zero-order valence-electron chi connectivity index (χ0n) is 9.95. The summed E-state index contributed by atoms with van der Waals surface area (Å²) in [5.74, 6) is 0.834. The number of halogens is 2. The number of nitrogens with zero attached hydrogens (tertiary/aromatic N) is 2. The molecule has 0 radical (unpaired) electrons. The fourth-order valence-corrected chi connectivity index (χ4v) is 2.42. The van der Waals surface area contributed by atoms with E-state index in [1.165, 1.54) is 0 Å². The number of imidazole rings is 1. The average molecular weight is 314 g/mol. The van der Waals surface area contributed by atoms with Gasteiger partial charge in [-0.3, -0.25) is 4.98 Å². The van der Waals surface area contributed by atoms with E-state index in [0.29, 0.717) is 0 Å². The molecule has 0 aliphatic rings. The van der Waals surface area contributed by atoms with Crippen LogP contribution in [-0.2, 0) is 5.75 Å². The summed E-state index contributed by atoms with van der Waals surface area (Å²) in [6.45, 7) is 0. The molecule has 0 atom stereocenters. The Morgan fingerprint density at radius 2 is 1.79 bits per heavy atom. The van der Waals surface area contributed by atoms with E-state index in [0.717, 1.165) is 27.6 Å². The van der Waals surface area contributed by atoms with Crippen molar-refractivity contribution >= 4 is 47.6 Å². The highest BCUT2D eigenvalue weighted by Crippen LogP contribution is 2.21. The molecule has 0 aliphatic carbocycles. The predicted octanol–water partition coefficient (Wildman–Crippen LogP) is 4.09. The number of hydrogen-bond acceptors (Lipinski definition) is 3. The molecule has 100 valence electrons. The van der Waals surface area contributed by atoms with E-state index >= 15 is 0 Å². The average Bonchev–Trinajstić information content (AvgIpc) is 2.80. The lowest BCUT2D eigenvalue weighted by Gasteiger charge is -1.96. The van der Waals surface area contributed by atoms with Crippen LogP contribution in [0.15, 0.2) is 53.8 Å². The molecule has 2 heterocycles. The minimum atomic E-state index is 0. The molecule has 0 aliphatic heterocycles. The molecule has 0 fully saturated rings. The van der Waals surface area contributed by atoms with Gasteiger partial charge in [0.05, 0.1) is 16.7 Å². The van der Waals surface area contributed by atoms with E-state index < -0.39 is 0 Å². The van der Waals surface area contributed by atoms with Crippen LogP contribution in [0.4, 0.5) is 0 Å². The fourth-order valence-electron chi connectivity index (χ4n) is 1.62. The Morgan fingerprint density at radius 1 is 1.00 bits per heavy atom. The van der Waals surface area contributed by atoms with Gasteiger partial charge in [-0.15, -0.1) is 24.8 Å². The SMILES string of the molecule is Cl.Cl.c1ccc(CSc2nc3ccccc3[nH]2)nc1. The molecule has 1 aromatic carbocycles. The number of hydrogen-bond donors (Lipinski definition) is 1. The van der Waals surface area contributed by atoms with Crippen molar-refractivity contribution in [2.75, 3.05) is 0 Å². The Hall–Kier alpha value is -1.23. The molecule has 0 bridgehead atoms. The second kappa shape index (κ2) is 7.38. The van der Waals surface area contributed by atoms with Crippen molar-refractivity contribution in [2.45, 2.75) is 10.9 Å². The number of thioether (sulfide) groups is 1. The summed E-state index contributed by atoms with van der Waals surface area (Å²) in [6, 6.07) is 14.0. The van der Waals surface area contributed by atoms with Gasteiger partial charge in [-0.05, 0) is 24.3 Å². The molecule has 3 aromatic rings. The monoisotopic (exact) mass is 313 g/mol. The Bertz CT molecular complexity index is 595. The van der Waals surface area contributed by atoms with Crippen LogP contribution in [-0.4, -0.2) is 15.0 Å². The number of fused-ring (bicyclic) bond motifs is 1. The second-order valence-electron chi connectivity index (χ2n) is 3.67. The van der Waals surface area contributed by atoms with E-state index in [9.17, 15) is 0 Å². The first kappa shape index (κ1) is 15.8. The number of benzene rings is 1. The fraction of sp³-hybridized carbons (Fsp3) is 0.0769. The summed E-state index contributed by atoms with van der Waals surface area (Å²) in [7, 11) is 0. The molecule has 6 heteroatoms. The number of rotatable bonds is 3. The van der Waals surface area contributed by atoms with Crippen molar-refractivity contribution < 1.29 is 0 Å². The Kier molecular flexibility index (Phi) is 6.15. The van der Waals surface area contributed by atoms with E-state index in [-0.39, 0.29) is 24.8 Å². The molecular weight excluding hydrogens is 301 g/mol. The van der Waals surface area contributed by atoms with E-state index in [2.05, 4.69) is 15.0 Å². The van der Waals surface area contributed by atoms with Crippen molar-refractivity contribution in [1.29, 1.82) is 0 Å². The molecule has 3 nitrogen and oxygen atoms in total. The smallest absolute Gasteiger partial charge is 0.166 e. The van der Waals surface area contributed by atoms with E-state index in [1.807, 2.05) is 48.7 Å². The Balaban J connectivity index is 0.000000902. The summed E-state index contributed by atoms with van der Waals surface area (Å²) in [6.07, 6.45) is 1.81. The highest BCUT2D eigenvalue weighted by molar-refractivity contribution is 7.98. The number of pyridine rings is 1. The molecule has 0 unspecified atom stereocenters. The van der Waals surface area contributed by atoms with E-state index in [4.69, 9.17) is 0 Å². The Morgan fingerprint density at radius 3 is 2.53 bits per heavy atom. The lowest BCUT2D eigenvalue weighted by molar-refractivity contribution is 1.07. The van der Waals surface area contributed by atoms with Crippen LogP contribution in [0.2, 0.25) is 0 Å². The Labute approximate surface area is 128 Å². The maximum absolute atomic E-state index is 4.51. The van der Waals surface area contributed by atoms with Gasteiger partial charge in [0.2, 0.25) is 0 Å². The lowest BCUT2D eigenvalue weighted by Crippen LogP contribution is -1.85. The number of aromatic amines is 1. The minimum Gasteiger partial charge on any atom is -0.333 e. The van der Waals surface area contributed by atoms with Gasteiger partial charge in [-0.25, -0.2) is 4.98 Å². The van der Waals surface area contributed by atoms with Crippen molar-refractivity contribution in [2.24, 2.45) is 0 Å². The molecule has 1 N–H and O–H groups in total. The summed E-state index contributed by atoms with van der Waals surface area (Å²) < 4.78 is 0. The molecule has 2 aromatic heterocycles. The molecule has 19 heavy (non-hydrogen) atoms. The van der Waals surface area contributed by atoms with E-state index in [1.54, 1.807) is 11.8 Å². The topological polar surface area (TPSA) is 41.6 Å². The van der Waals surface area contributed by atoms with Crippen molar-refractivity contribution in [3.05, 3.63) is 54.4 Å². The third-order valence-corrected chi connectivity index (χ3v) is 3.36. The lowest BCUT2D eigenvalue weighted by atomic mass is 10.3. The van der Waals surface area contributed by atoms with Gasteiger partial charge in [0.1, 0.15) is 0 Å². The standard InChI is InChI=1S/C13H11N3S.2ClH/c1-2-7-12-11(6-1)15-13(16-12)17-9-10-5-3-4-8-14-10;;/h1-8H,9H2,(H,15,16);2*1H. The minimum absolute atomic E-state index is 0. The highest BCUT2D eigenvalue weighted by Gasteiger charge is 2.02. The zero-order chi connectivity index (χ0) is 11.5. The maximum Gasteiger partial charge on any atom is 0.166 e. The van der Waals surface area contributed by atoms with Crippen LogP contribution in [0.25, 0.3) is 11.0 Å². The van der Waals surface area contributed by atoms with Crippen LogP contribution in [0.5, 0.6) is 0 Å². The van der Waals surface area contributed by atoms with Crippen molar-refractivity contribution in [1.82, 2.24) is 15.0 Å². The number of H-pyrrole nitrogens is 1. The second-order valence-corrected chi connectivity index (χ2v) is 4.63. The first-order valence-electron chi connectivity index (χ1n) is 5.39. The third kappa shape index (κ3) is 3.86. The summed E-state index contributed by atoms with van der Waals surface area (Å²) in [5, 5.41) is 0.942. The first-order chi connectivity index (χ1) is 8.42. The molecule has 0 saturated carbocycles. The number of aromatic nitrogens is 3. The third-order valence-electron chi connectivity index (χ3n) is 2.45. The van der Waals surface area contributed by atoms with Crippen LogP contribution >= 0.6 is 36.6 Å². The van der Waals surface area contributed by atoms with Crippen LogP contribution < -0.4 is 0 Å². The first-order valence-corrected chi connectivity index (χ1v) is 6.38. The molecular formula is C13H13Cl2N3S. The summed E-state index contributed by atoms with van der Waals surface area (Å²) in [5.41, 5.74) is 3.16. The quantitative estimate of drug-likeness (QED) is 0.740. The zero-order valence-corrected chi connectivity index (χ0v) is 12.4. The maximum atomic E-state index is 4.51. The molecule has 0 spiro atoms. The van der Waals surface area contributed by atoms with Gasteiger partial charge in [0.15, 0.2) is 5.16 Å². The van der Waals surface area contributed by atoms with Crippen LogP contribution in [0.3, 0.4) is 0 Å². The summed E-state index contributed by atoms with van der Waals surface area (Å²) >= 11 is 1.67. The van der Waals surface area contributed by atoms with Gasteiger partial charge < -0.3 is 4.98 Å². The van der Waals surface area contributed by atoms with Crippen LogP contribution in [0, 0.1) is 0 Å². The number of nitrogens with one attached hydrogen (secondary N) is 1. The molecule has 0 amide bonds. The van der Waals surface area contributed by atoms with Crippen molar-refractivity contribution in [3.8, 4) is 0 Å². The highest BCUT2D eigenvalue weighted by atomic mass is 35.5. The van der Waals surface area contributed by atoms with Crippen LogP contribution in [0.1, 0.15) is 5.69 Å². The van der Waals surface area contributed by atoms with Gasteiger partial charge in [0, 0.05) is 11.9 Å². The van der Waals surface area contributed by atoms with Gasteiger partial charge >= 0.3 is 0 Å². The normalized spacial score (nSPS) is 9.68. The predicted molar refractivity (Wildman–Crippen MR) is 84.4 cm³/mol. The molecule has 3 rings (SSSR count). The summed E-state index contributed by atoms with van der Waals surface area (Å²) in [4.78, 5) is 12.1. The van der Waals surface area contributed by atoms with Gasteiger partial charge in [0.25, 0.3) is 0 Å². The van der Waals surface area contributed by atoms with Gasteiger partial charge in [-0.1, -0.05) is 30.0 Å². The molecule has 0 saturated heterocycles. The number of para-hydroxylation sites is 2. The van der Waals surface area contributed by atoms with Gasteiger partial charge in [-0.2, -0.15) is 0 Å².